The Morgan fingerprint density at radius 2 is 1.89 bits per heavy atom. The van der Waals surface area contributed by atoms with Crippen molar-refractivity contribution in [3.8, 4) is 0 Å². The van der Waals surface area contributed by atoms with Crippen LogP contribution in [0.1, 0.15) is 5.56 Å². The molecule has 0 aliphatic heterocycles. The van der Waals surface area contributed by atoms with E-state index in [0.29, 0.717) is 5.02 Å². The molecule has 19 heavy (non-hydrogen) atoms. The molecule has 2 aromatic carbocycles. The van der Waals surface area contributed by atoms with E-state index in [9.17, 15) is 4.79 Å². The van der Waals surface area contributed by atoms with Gasteiger partial charge in [-0.15, -0.1) is 0 Å². The Kier molecular flexibility index (Phi) is 4.42. The first-order valence-corrected chi connectivity index (χ1v) is 6.23. The first-order chi connectivity index (χ1) is 9.17. The van der Waals surface area contributed by atoms with Gasteiger partial charge in [0.25, 0.3) is 0 Å². The second kappa shape index (κ2) is 6.25. The van der Waals surface area contributed by atoms with Crippen molar-refractivity contribution in [2.24, 2.45) is 0 Å². The predicted octanol–water partition coefficient (Wildman–Crippen LogP) is 3.80. The highest BCUT2D eigenvalue weighted by Gasteiger charge is 2.02. The molecule has 0 unspecified atom stereocenters. The second-order valence-electron chi connectivity index (χ2n) is 4.09. The van der Waals surface area contributed by atoms with E-state index in [4.69, 9.17) is 11.6 Å². The molecule has 0 fully saturated rings. The molecule has 0 aromatic heterocycles. The van der Waals surface area contributed by atoms with E-state index < -0.39 is 0 Å². The van der Waals surface area contributed by atoms with Crippen molar-refractivity contribution in [1.82, 2.24) is 0 Å². The third kappa shape index (κ3) is 4.00. The zero-order valence-electron chi connectivity index (χ0n) is 10.5. The van der Waals surface area contributed by atoms with Crippen molar-refractivity contribution < 1.29 is 9.53 Å². The van der Waals surface area contributed by atoms with Gasteiger partial charge in [0.1, 0.15) is 0 Å². The van der Waals surface area contributed by atoms with E-state index in [1.165, 1.54) is 7.11 Å². The summed E-state index contributed by atoms with van der Waals surface area (Å²) in [6, 6.07) is 15.1. The normalized spacial score (nSPS) is 10.0. The van der Waals surface area contributed by atoms with Crippen molar-refractivity contribution in [1.29, 1.82) is 0 Å². The summed E-state index contributed by atoms with van der Waals surface area (Å²) in [6.07, 6.45) is 0.286. The van der Waals surface area contributed by atoms with Crippen molar-refractivity contribution >= 4 is 28.9 Å². The van der Waals surface area contributed by atoms with Crippen molar-refractivity contribution in [2.75, 3.05) is 12.4 Å². The minimum atomic E-state index is -0.240. The third-order valence-corrected chi connectivity index (χ3v) is 2.88. The topological polar surface area (TPSA) is 38.3 Å². The Bertz CT molecular complexity index is 567. The van der Waals surface area contributed by atoms with Gasteiger partial charge in [-0.3, -0.25) is 4.79 Å². The number of benzene rings is 2. The van der Waals surface area contributed by atoms with Crippen LogP contribution in [0.5, 0.6) is 0 Å². The lowest BCUT2D eigenvalue weighted by Gasteiger charge is -2.07. The maximum atomic E-state index is 11.1. The molecule has 0 amide bonds. The summed E-state index contributed by atoms with van der Waals surface area (Å²) in [5, 5.41) is 3.93. The molecule has 0 spiro atoms. The van der Waals surface area contributed by atoms with Crippen LogP contribution in [0.4, 0.5) is 11.4 Å². The Balaban J connectivity index is 2.04. The average Bonchev–Trinajstić information content (AvgIpc) is 2.41. The maximum absolute atomic E-state index is 11.1. The summed E-state index contributed by atoms with van der Waals surface area (Å²) in [5.41, 5.74) is 2.78. The first-order valence-electron chi connectivity index (χ1n) is 5.86. The van der Waals surface area contributed by atoms with Gasteiger partial charge in [-0.1, -0.05) is 29.8 Å². The van der Waals surface area contributed by atoms with Gasteiger partial charge in [-0.05, 0) is 35.9 Å². The van der Waals surface area contributed by atoms with Crippen molar-refractivity contribution in [3.63, 3.8) is 0 Å². The number of carbonyl (C=O) groups excluding carboxylic acids is 1. The number of methoxy groups -OCH3 is 1. The van der Waals surface area contributed by atoms with Crippen LogP contribution >= 0.6 is 11.6 Å². The van der Waals surface area contributed by atoms with Gasteiger partial charge in [-0.2, -0.15) is 0 Å². The molecule has 2 aromatic rings. The van der Waals surface area contributed by atoms with E-state index in [0.717, 1.165) is 16.9 Å². The van der Waals surface area contributed by atoms with Crippen molar-refractivity contribution in [3.05, 3.63) is 59.1 Å². The predicted molar refractivity (Wildman–Crippen MR) is 76.9 cm³/mol. The minimum Gasteiger partial charge on any atom is -0.469 e. The smallest absolute Gasteiger partial charge is 0.309 e. The lowest BCUT2D eigenvalue weighted by molar-refractivity contribution is -0.139. The number of esters is 1. The van der Waals surface area contributed by atoms with Crippen LogP contribution in [0.15, 0.2) is 48.5 Å². The van der Waals surface area contributed by atoms with Gasteiger partial charge in [0.05, 0.1) is 13.5 Å². The van der Waals surface area contributed by atoms with Crippen LogP contribution in [0, 0.1) is 0 Å². The number of ether oxygens (including phenoxy) is 1. The molecule has 0 atom stereocenters. The molecular formula is C15H14ClNO2. The Morgan fingerprint density at radius 1 is 1.16 bits per heavy atom. The third-order valence-electron chi connectivity index (χ3n) is 2.64. The summed E-state index contributed by atoms with van der Waals surface area (Å²) in [5.74, 6) is -0.240. The summed E-state index contributed by atoms with van der Waals surface area (Å²) in [7, 11) is 1.39. The van der Waals surface area contributed by atoms with E-state index in [1.807, 2.05) is 48.5 Å². The summed E-state index contributed by atoms with van der Waals surface area (Å²) in [4.78, 5) is 11.1. The molecule has 0 aliphatic rings. The number of nitrogens with one attached hydrogen (secondary N) is 1. The van der Waals surface area contributed by atoms with Crippen molar-refractivity contribution in [2.45, 2.75) is 6.42 Å². The largest absolute Gasteiger partial charge is 0.469 e. The Hall–Kier alpha value is -2.00. The van der Waals surface area contributed by atoms with E-state index in [2.05, 4.69) is 10.1 Å². The van der Waals surface area contributed by atoms with Gasteiger partial charge in [0, 0.05) is 16.4 Å². The standard InChI is InChI=1S/C15H14ClNO2/c1-19-15(18)9-11-5-7-13(8-6-11)17-14-4-2-3-12(16)10-14/h2-8,10,17H,9H2,1H3. The van der Waals surface area contributed by atoms with Crippen LogP contribution in [0.2, 0.25) is 5.02 Å². The lowest BCUT2D eigenvalue weighted by Crippen LogP contribution is -2.04. The van der Waals surface area contributed by atoms with Crippen LogP contribution < -0.4 is 5.32 Å². The lowest BCUT2D eigenvalue weighted by atomic mass is 10.1. The zero-order valence-corrected chi connectivity index (χ0v) is 11.3. The Labute approximate surface area is 117 Å². The average molecular weight is 276 g/mol. The van der Waals surface area contributed by atoms with Crippen LogP contribution in [0.25, 0.3) is 0 Å². The first kappa shape index (κ1) is 13.4. The zero-order chi connectivity index (χ0) is 13.7. The molecule has 4 heteroatoms. The molecule has 0 saturated carbocycles. The Morgan fingerprint density at radius 3 is 2.53 bits per heavy atom. The molecule has 2 rings (SSSR count). The SMILES string of the molecule is COC(=O)Cc1ccc(Nc2cccc(Cl)c2)cc1. The molecule has 0 saturated heterocycles. The number of hydrogen-bond donors (Lipinski definition) is 1. The minimum absolute atomic E-state index is 0.240. The monoisotopic (exact) mass is 275 g/mol. The number of hydrogen-bond acceptors (Lipinski definition) is 3. The number of anilines is 2. The number of rotatable bonds is 4. The van der Waals surface area contributed by atoms with E-state index in [1.54, 1.807) is 0 Å². The molecule has 0 radical (unpaired) electrons. The van der Waals surface area contributed by atoms with Crippen LogP contribution in [0.3, 0.4) is 0 Å². The maximum Gasteiger partial charge on any atom is 0.309 e. The summed E-state index contributed by atoms with van der Waals surface area (Å²) < 4.78 is 4.62. The fourth-order valence-electron chi connectivity index (χ4n) is 1.68. The highest BCUT2D eigenvalue weighted by molar-refractivity contribution is 6.30. The molecule has 0 bridgehead atoms. The molecule has 1 N–H and O–H groups in total. The van der Waals surface area contributed by atoms with Gasteiger partial charge < -0.3 is 10.1 Å². The van der Waals surface area contributed by atoms with Gasteiger partial charge in [-0.25, -0.2) is 0 Å². The van der Waals surface area contributed by atoms with E-state index in [-0.39, 0.29) is 12.4 Å². The number of halogens is 1. The van der Waals surface area contributed by atoms with Crippen LogP contribution in [-0.2, 0) is 16.0 Å². The molecular weight excluding hydrogens is 262 g/mol. The van der Waals surface area contributed by atoms with Gasteiger partial charge >= 0.3 is 5.97 Å². The number of carbonyl (C=O) groups is 1. The fraction of sp³-hybridized carbons (Fsp3) is 0.133. The highest BCUT2D eigenvalue weighted by Crippen LogP contribution is 2.20. The fourth-order valence-corrected chi connectivity index (χ4v) is 1.87. The second-order valence-corrected chi connectivity index (χ2v) is 4.52. The quantitative estimate of drug-likeness (QED) is 0.863. The molecule has 0 heterocycles. The highest BCUT2D eigenvalue weighted by atomic mass is 35.5. The van der Waals surface area contributed by atoms with Gasteiger partial charge in [0.15, 0.2) is 0 Å². The molecule has 3 nitrogen and oxygen atoms in total. The summed E-state index contributed by atoms with van der Waals surface area (Å²) in [6.45, 7) is 0. The molecule has 98 valence electrons. The molecule has 0 aliphatic carbocycles. The van der Waals surface area contributed by atoms with Crippen LogP contribution in [-0.4, -0.2) is 13.1 Å². The van der Waals surface area contributed by atoms with E-state index >= 15 is 0 Å². The summed E-state index contributed by atoms with van der Waals surface area (Å²) >= 11 is 5.92. The van der Waals surface area contributed by atoms with Gasteiger partial charge in [0.2, 0.25) is 0 Å².